The van der Waals surface area contributed by atoms with Crippen LogP contribution in [-0.2, 0) is 17.2 Å². The van der Waals surface area contributed by atoms with Crippen LogP contribution in [0.15, 0.2) is 0 Å². The standard InChI is InChI=1S/C2BrN2O4P/c3-9-10(6,7-1-4)8-2-5. The van der Waals surface area contributed by atoms with Crippen LogP contribution in [0.5, 0.6) is 0 Å². The van der Waals surface area contributed by atoms with Gasteiger partial charge in [0, 0.05) is 0 Å². The molecule has 0 fully saturated rings. The van der Waals surface area contributed by atoms with Crippen LogP contribution in [0.2, 0.25) is 0 Å². The van der Waals surface area contributed by atoms with E-state index in [9.17, 15) is 4.57 Å². The maximum absolute atomic E-state index is 10.6. The lowest BCUT2D eigenvalue weighted by Gasteiger charge is -2.02. The Labute approximate surface area is 65.0 Å². The molecule has 0 aliphatic heterocycles. The summed E-state index contributed by atoms with van der Waals surface area (Å²) in [5.74, 6) is 0. The average molecular weight is 227 g/mol. The molecule has 0 amide bonds. The fourth-order valence-electron chi connectivity index (χ4n) is 0.147. The predicted molar refractivity (Wildman–Crippen MR) is 31.0 cm³/mol. The molecule has 0 aliphatic rings. The lowest BCUT2D eigenvalue weighted by Crippen LogP contribution is -1.84. The summed E-state index contributed by atoms with van der Waals surface area (Å²) in [6, 6.07) is 0. The summed E-state index contributed by atoms with van der Waals surface area (Å²) in [5.41, 5.74) is 0. The van der Waals surface area contributed by atoms with Gasteiger partial charge in [-0.05, 0) is 0 Å². The Morgan fingerprint density at radius 3 is 1.90 bits per heavy atom. The molecule has 0 N–H and O–H groups in total. The van der Waals surface area contributed by atoms with Gasteiger partial charge in [0.05, 0.1) is 0 Å². The SMILES string of the molecule is N#COP(=O)(OBr)OC#N. The highest BCUT2D eigenvalue weighted by Crippen LogP contribution is 2.50. The van der Waals surface area contributed by atoms with Gasteiger partial charge >= 0.3 is 7.82 Å². The van der Waals surface area contributed by atoms with E-state index in [1.54, 1.807) is 0 Å². The second-order valence-corrected chi connectivity index (χ2v) is 3.15. The van der Waals surface area contributed by atoms with E-state index in [1.807, 2.05) is 0 Å². The highest BCUT2D eigenvalue weighted by atomic mass is 79.9. The first-order chi connectivity index (χ1) is 4.68. The van der Waals surface area contributed by atoms with Gasteiger partial charge in [-0.3, -0.25) is 0 Å². The van der Waals surface area contributed by atoms with Crippen LogP contribution in [-0.4, -0.2) is 0 Å². The normalized spacial score (nSPS) is 9.10. The van der Waals surface area contributed by atoms with Gasteiger partial charge in [0.25, 0.3) is 12.5 Å². The zero-order valence-corrected chi connectivity index (χ0v) is 6.83. The molecule has 0 aromatic carbocycles. The third-order valence-corrected chi connectivity index (χ3v) is 2.23. The Balaban J connectivity index is 4.16. The van der Waals surface area contributed by atoms with Crippen LogP contribution in [0.4, 0.5) is 0 Å². The summed E-state index contributed by atoms with van der Waals surface area (Å²) in [4.78, 5) is 0. The molecule has 0 atom stereocenters. The Kier molecular flexibility index (Phi) is 3.82. The topological polar surface area (TPSA) is 92.3 Å². The van der Waals surface area contributed by atoms with Crippen molar-refractivity contribution >= 4 is 24.1 Å². The van der Waals surface area contributed by atoms with Crippen molar-refractivity contribution in [3.05, 3.63) is 0 Å². The number of halogens is 1. The predicted octanol–water partition coefficient (Wildman–Crippen LogP) is 1.42. The van der Waals surface area contributed by atoms with Gasteiger partial charge in [0.15, 0.2) is 0 Å². The molecule has 10 heavy (non-hydrogen) atoms. The number of nitrogens with zero attached hydrogens (tertiary/aromatic N) is 2. The van der Waals surface area contributed by atoms with Crippen molar-refractivity contribution in [3.8, 4) is 12.5 Å². The van der Waals surface area contributed by atoms with Crippen molar-refractivity contribution in [2.24, 2.45) is 0 Å². The van der Waals surface area contributed by atoms with Gasteiger partial charge in [-0.1, -0.05) is 0 Å². The summed E-state index contributed by atoms with van der Waals surface area (Å²) in [5, 5.41) is 15.6. The monoisotopic (exact) mass is 226 g/mol. The van der Waals surface area contributed by atoms with Crippen molar-refractivity contribution in [2.75, 3.05) is 0 Å². The summed E-state index contributed by atoms with van der Waals surface area (Å²) in [6.07, 6.45) is 2.10. The summed E-state index contributed by atoms with van der Waals surface area (Å²) in [6.45, 7) is 0. The smallest absolute Gasteiger partial charge is 0.317 e. The van der Waals surface area contributed by atoms with E-state index in [1.165, 1.54) is 0 Å². The van der Waals surface area contributed by atoms with Crippen molar-refractivity contribution in [3.63, 3.8) is 0 Å². The second-order valence-electron chi connectivity index (χ2n) is 0.881. The summed E-state index contributed by atoms with van der Waals surface area (Å²) in [7, 11) is -4.01. The minimum Gasteiger partial charge on any atom is -0.317 e. The maximum Gasteiger partial charge on any atom is 0.619 e. The minimum absolute atomic E-state index is 1.05. The highest BCUT2D eigenvalue weighted by Gasteiger charge is 2.29. The summed E-state index contributed by atoms with van der Waals surface area (Å²) >= 11 is 2.26. The molecule has 0 heterocycles. The number of phosphoric acid groups is 1. The van der Waals surface area contributed by atoms with E-state index in [0.29, 0.717) is 0 Å². The first-order valence-electron chi connectivity index (χ1n) is 1.74. The van der Waals surface area contributed by atoms with Crippen LogP contribution >= 0.6 is 24.1 Å². The van der Waals surface area contributed by atoms with Crippen molar-refractivity contribution < 1.29 is 17.2 Å². The molecule has 0 saturated heterocycles. The van der Waals surface area contributed by atoms with Crippen LogP contribution in [0.25, 0.3) is 0 Å². The Morgan fingerprint density at radius 1 is 1.30 bits per heavy atom. The Bertz CT molecular complexity index is 208. The molecule has 0 bridgehead atoms. The Morgan fingerprint density at radius 2 is 1.70 bits per heavy atom. The van der Waals surface area contributed by atoms with Crippen LogP contribution in [0, 0.1) is 23.0 Å². The maximum atomic E-state index is 10.6. The van der Waals surface area contributed by atoms with Gasteiger partial charge in [-0.2, -0.15) is 3.62 Å². The first-order valence-corrected chi connectivity index (χ1v) is 3.85. The second kappa shape index (κ2) is 4.13. The van der Waals surface area contributed by atoms with E-state index in [0.717, 1.165) is 12.5 Å². The number of phosphoric ester groups is 1. The molecule has 0 spiro atoms. The van der Waals surface area contributed by atoms with Gasteiger partial charge in [-0.25, -0.2) is 4.57 Å². The molecule has 0 aromatic rings. The van der Waals surface area contributed by atoms with Gasteiger partial charge in [-0.15, -0.1) is 10.5 Å². The fourth-order valence-corrected chi connectivity index (χ4v) is 0.795. The van der Waals surface area contributed by atoms with Gasteiger partial charge < -0.3 is 9.05 Å². The van der Waals surface area contributed by atoms with E-state index in [-0.39, 0.29) is 0 Å². The quantitative estimate of drug-likeness (QED) is 0.534. The first kappa shape index (κ1) is 9.25. The van der Waals surface area contributed by atoms with Gasteiger partial charge in [0.2, 0.25) is 0 Å². The van der Waals surface area contributed by atoms with Gasteiger partial charge in [0.1, 0.15) is 16.3 Å². The molecule has 0 unspecified atom stereocenters. The molecule has 0 aromatic heterocycles. The average Bonchev–Trinajstić information content (AvgIpc) is 1.89. The molecular weight excluding hydrogens is 227 g/mol. The molecular formula is C2BrN2O4P. The van der Waals surface area contributed by atoms with Crippen molar-refractivity contribution in [1.29, 1.82) is 10.5 Å². The summed E-state index contributed by atoms with van der Waals surface area (Å²) < 4.78 is 22.1. The van der Waals surface area contributed by atoms with Crippen LogP contribution < -0.4 is 0 Å². The molecule has 0 saturated carbocycles. The largest absolute Gasteiger partial charge is 0.619 e. The third-order valence-electron chi connectivity index (χ3n) is 0.390. The third kappa shape index (κ3) is 2.70. The van der Waals surface area contributed by atoms with E-state index >= 15 is 0 Å². The fraction of sp³-hybridized carbons (Fsp3) is 0. The number of hydrogen-bond donors (Lipinski definition) is 0. The zero-order valence-electron chi connectivity index (χ0n) is 4.35. The lowest BCUT2D eigenvalue weighted by molar-refractivity contribution is 0.284. The van der Waals surface area contributed by atoms with E-state index < -0.39 is 7.82 Å². The molecule has 0 aliphatic carbocycles. The number of nitriles is 2. The minimum atomic E-state index is -4.01. The molecule has 6 nitrogen and oxygen atoms in total. The number of hydrogen-bond acceptors (Lipinski definition) is 6. The van der Waals surface area contributed by atoms with Crippen molar-refractivity contribution in [2.45, 2.75) is 0 Å². The molecule has 8 heteroatoms. The lowest BCUT2D eigenvalue weighted by atomic mass is 11.6. The zero-order chi connectivity index (χ0) is 8.04. The Hall–Kier alpha value is -0.750. The van der Waals surface area contributed by atoms with Crippen LogP contribution in [0.3, 0.4) is 0 Å². The highest BCUT2D eigenvalue weighted by molar-refractivity contribution is 9.06. The molecule has 54 valence electrons. The van der Waals surface area contributed by atoms with E-state index in [4.69, 9.17) is 10.5 Å². The van der Waals surface area contributed by atoms with Crippen LogP contribution in [0.1, 0.15) is 0 Å². The van der Waals surface area contributed by atoms with E-state index in [2.05, 4.69) is 28.9 Å². The number of rotatable bonds is 3. The molecule has 0 rings (SSSR count). The molecule has 0 radical (unpaired) electrons. The van der Waals surface area contributed by atoms with Crippen molar-refractivity contribution in [1.82, 2.24) is 0 Å².